The lowest BCUT2D eigenvalue weighted by molar-refractivity contribution is -0.128. The third-order valence-electron chi connectivity index (χ3n) is 10.4. The van der Waals surface area contributed by atoms with Gasteiger partial charge in [-0.1, -0.05) is 86.7 Å². The highest BCUT2D eigenvalue weighted by Gasteiger charge is 2.32. The third-order valence-corrected chi connectivity index (χ3v) is 10.4. The van der Waals surface area contributed by atoms with E-state index < -0.39 is 36.1 Å². The van der Waals surface area contributed by atoms with Crippen LogP contribution >= 0.6 is 0 Å². The number of carbonyl (C=O) groups is 4. The van der Waals surface area contributed by atoms with Gasteiger partial charge < -0.3 is 35.7 Å². The highest BCUT2D eigenvalue weighted by atomic mass is 16.6. The molecule has 0 spiro atoms. The number of hydrogen-bond donors (Lipinski definition) is 5. The van der Waals surface area contributed by atoms with Crippen LogP contribution in [0.15, 0.2) is 77.6 Å². The third kappa shape index (κ3) is 9.47. The number of aryl methyl sites for hydroxylation is 1. The normalized spacial score (nSPS) is 15.0. The SMILES string of the molecule is CCOC(=O)NCCC[C@H](NC(=O)[C@H](CC1CCCCC1)NC(=O)OCC1c2ccccc2-c2ccccc21)C(=O)Nc1ccc2c(C)cc(=O)[nH]c2c1. The first-order chi connectivity index (χ1) is 26.2. The van der Waals surface area contributed by atoms with Crippen LogP contribution < -0.4 is 26.8 Å². The van der Waals surface area contributed by atoms with Crippen LogP contribution in [-0.4, -0.2) is 60.8 Å². The predicted molar refractivity (Wildman–Crippen MR) is 207 cm³/mol. The number of fused-ring (bicyclic) bond motifs is 4. The molecule has 1 aromatic heterocycles. The number of rotatable bonds is 14. The molecule has 3 aromatic carbocycles. The van der Waals surface area contributed by atoms with Crippen molar-refractivity contribution in [3.05, 3.63) is 99.8 Å². The zero-order chi connectivity index (χ0) is 38.0. The second-order valence-electron chi connectivity index (χ2n) is 14.2. The Morgan fingerprint density at radius 1 is 0.815 bits per heavy atom. The number of aromatic amines is 1. The highest BCUT2D eigenvalue weighted by molar-refractivity contribution is 5.99. The van der Waals surface area contributed by atoms with Crippen LogP contribution in [0.5, 0.6) is 0 Å². The zero-order valence-corrected chi connectivity index (χ0v) is 30.9. The van der Waals surface area contributed by atoms with Gasteiger partial charge in [-0.15, -0.1) is 0 Å². The van der Waals surface area contributed by atoms with E-state index in [0.717, 1.165) is 65.3 Å². The van der Waals surface area contributed by atoms with E-state index in [4.69, 9.17) is 9.47 Å². The summed E-state index contributed by atoms with van der Waals surface area (Å²) in [5, 5.41) is 12.1. The summed E-state index contributed by atoms with van der Waals surface area (Å²) in [6.45, 7) is 4.10. The van der Waals surface area contributed by atoms with Gasteiger partial charge in [-0.3, -0.25) is 14.4 Å². The fraction of sp³-hybridized carbons (Fsp3) is 0.405. The number of amides is 4. The van der Waals surface area contributed by atoms with Gasteiger partial charge in [0.2, 0.25) is 17.4 Å². The summed E-state index contributed by atoms with van der Waals surface area (Å²) in [7, 11) is 0. The molecule has 1 heterocycles. The molecule has 0 aliphatic heterocycles. The van der Waals surface area contributed by atoms with E-state index >= 15 is 0 Å². The molecule has 54 heavy (non-hydrogen) atoms. The molecule has 0 saturated heterocycles. The second kappa shape index (κ2) is 17.9. The summed E-state index contributed by atoms with van der Waals surface area (Å²) in [6.07, 6.45) is 4.83. The molecule has 2 aliphatic rings. The molecule has 4 amide bonds. The molecule has 5 N–H and O–H groups in total. The Bertz CT molecular complexity index is 1990. The molecule has 2 atom stereocenters. The first kappa shape index (κ1) is 38.1. The molecule has 1 fully saturated rings. The van der Waals surface area contributed by atoms with Gasteiger partial charge in [0.05, 0.1) is 12.1 Å². The number of alkyl carbamates (subject to hydrolysis) is 2. The summed E-state index contributed by atoms with van der Waals surface area (Å²) in [5.74, 6) is -0.882. The first-order valence-corrected chi connectivity index (χ1v) is 19.0. The van der Waals surface area contributed by atoms with Crippen molar-refractivity contribution in [2.75, 3.05) is 25.1 Å². The van der Waals surface area contributed by atoms with Crippen molar-refractivity contribution in [2.24, 2.45) is 5.92 Å². The Labute approximate surface area is 314 Å². The molecule has 12 heteroatoms. The minimum absolute atomic E-state index is 0.104. The maximum Gasteiger partial charge on any atom is 0.407 e. The molecule has 12 nitrogen and oxygen atoms in total. The highest BCUT2D eigenvalue weighted by Crippen LogP contribution is 2.44. The van der Waals surface area contributed by atoms with E-state index in [-0.39, 0.29) is 43.6 Å². The van der Waals surface area contributed by atoms with Crippen LogP contribution in [-0.2, 0) is 19.1 Å². The van der Waals surface area contributed by atoms with E-state index in [1.165, 1.54) is 6.07 Å². The van der Waals surface area contributed by atoms with Crippen molar-refractivity contribution in [1.29, 1.82) is 0 Å². The van der Waals surface area contributed by atoms with Crippen LogP contribution in [0.4, 0.5) is 15.3 Å². The Balaban J connectivity index is 1.16. The smallest absolute Gasteiger partial charge is 0.407 e. The van der Waals surface area contributed by atoms with Gasteiger partial charge in [-0.05, 0) is 79.0 Å². The second-order valence-corrected chi connectivity index (χ2v) is 14.2. The Hall–Kier alpha value is -5.65. The van der Waals surface area contributed by atoms with Crippen molar-refractivity contribution < 1.29 is 28.7 Å². The number of H-pyrrole nitrogens is 1. The molecule has 6 rings (SSSR count). The van der Waals surface area contributed by atoms with Gasteiger partial charge in [0.15, 0.2) is 0 Å². The van der Waals surface area contributed by atoms with E-state index in [1.54, 1.807) is 19.1 Å². The lowest BCUT2D eigenvalue weighted by atomic mass is 9.84. The molecule has 0 unspecified atom stereocenters. The average molecular weight is 736 g/mol. The van der Waals surface area contributed by atoms with E-state index in [0.29, 0.717) is 24.0 Å². The molecular weight excluding hydrogens is 686 g/mol. The summed E-state index contributed by atoms with van der Waals surface area (Å²) in [4.78, 5) is 68.2. The lowest BCUT2D eigenvalue weighted by Crippen LogP contribution is -2.53. The van der Waals surface area contributed by atoms with E-state index in [1.807, 2.05) is 49.4 Å². The minimum atomic E-state index is -1.01. The Kier molecular flexibility index (Phi) is 12.6. The van der Waals surface area contributed by atoms with Crippen LogP contribution in [0.2, 0.25) is 0 Å². The summed E-state index contributed by atoms with van der Waals surface area (Å²) >= 11 is 0. The first-order valence-electron chi connectivity index (χ1n) is 19.0. The van der Waals surface area contributed by atoms with Gasteiger partial charge in [0.25, 0.3) is 0 Å². The fourth-order valence-electron chi connectivity index (χ4n) is 7.73. The van der Waals surface area contributed by atoms with E-state index in [2.05, 4.69) is 38.4 Å². The zero-order valence-electron chi connectivity index (χ0n) is 30.9. The van der Waals surface area contributed by atoms with E-state index in [9.17, 15) is 24.0 Å². The summed E-state index contributed by atoms with van der Waals surface area (Å²) in [5.41, 5.74) is 5.96. The average Bonchev–Trinajstić information content (AvgIpc) is 3.48. The molecule has 0 radical (unpaired) electrons. The summed E-state index contributed by atoms with van der Waals surface area (Å²) in [6, 6.07) is 21.0. The van der Waals surface area contributed by atoms with Gasteiger partial charge in [-0.2, -0.15) is 0 Å². The molecular formula is C42H49N5O7. The Morgan fingerprint density at radius 2 is 1.52 bits per heavy atom. The number of ether oxygens (including phenoxy) is 2. The molecule has 4 aromatic rings. The van der Waals surface area contributed by atoms with Crippen molar-refractivity contribution in [3.8, 4) is 11.1 Å². The van der Waals surface area contributed by atoms with Gasteiger partial charge in [0.1, 0.15) is 18.7 Å². The lowest BCUT2D eigenvalue weighted by Gasteiger charge is -2.28. The van der Waals surface area contributed by atoms with Crippen molar-refractivity contribution in [2.45, 2.75) is 83.2 Å². The van der Waals surface area contributed by atoms with Gasteiger partial charge in [0, 0.05) is 29.6 Å². The van der Waals surface area contributed by atoms with Crippen molar-refractivity contribution in [1.82, 2.24) is 20.9 Å². The number of anilines is 1. The Morgan fingerprint density at radius 3 is 2.22 bits per heavy atom. The number of benzene rings is 3. The van der Waals surface area contributed by atoms with Crippen LogP contribution in [0.3, 0.4) is 0 Å². The number of pyridine rings is 1. The number of carbonyl (C=O) groups excluding carboxylic acids is 4. The van der Waals surface area contributed by atoms with Crippen molar-refractivity contribution >= 4 is 40.6 Å². The van der Waals surface area contributed by atoms with Crippen LogP contribution in [0, 0.1) is 12.8 Å². The molecule has 1 saturated carbocycles. The number of nitrogens with one attached hydrogen (secondary N) is 5. The predicted octanol–water partition coefficient (Wildman–Crippen LogP) is 6.66. The van der Waals surface area contributed by atoms with Crippen LogP contribution in [0.1, 0.15) is 80.9 Å². The topological polar surface area (TPSA) is 168 Å². The molecule has 2 aliphatic carbocycles. The van der Waals surface area contributed by atoms with Crippen LogP contribution in [0.25, 0.3) is 22.0 Å². The maximum atomic E-state index is 14.1. The maximum absolute atomic E-state index is 14.1. The molecule has 0 bridgehead atoms. The minimum Gasteiger partial charge on any atom is -0.450 e. The largest absolute Gasteiger partial charge is 0.450 e. The fourth-order valence-corrected chi connectivity index (χ4v) is 7.73. The van der Waals surface area contributed by atoms with Crippen molar-refractivity contribution in [3.63, 3.8) is 0 Å². The van der Waals surface area contributed by atoms with Gasteiger partial charge in [-0.25, -0.2) is 9.59 Å². The monoisotopic (exact) mass is 735 g/mol. The van der Waals surface area contributed by atoms with Gasteiger partial charge >= 0.3 is 12.2 Å². The summed E-state index contributed by atoms with van der Waals surface area (Å²) < 4.78 is 10.8. The molecule has 284 valence electrons. The quantitative estimate of drug-likeness (QED) is 0.0903. The number of aromatic nitrogens is 1. The number of hydrogen-bond acceptors (Lipinski definition) is 7. The standard InChI is InChI=1S/C42H49N5O7/c1-3-53-41(51)43-21-11-18-35(39(49)44-28-19-20-29-26(2)22-38(48)45-36(29)24-28)46-40(50)37(23-27-12-5-4-6-13-27)47-42(52)54-25-34-32-16-9-7-14-30(32)31-15-8-10-17-33(31)34/h7-10,14-17,19-20,22,24,27,34-35,37H,3-6,11-13,18,21,23,25H2,1-2H3,(H,43,51)(H,44,49)(H,45,48)(H,46,50)(H,47,52)/t35-,37-/m0/s1.